The van der Waals surface area contributed by atoms with E-state index < -0.39 is 0 Å². The van der Waals surface area contributed by atoms with Crippen LogP contribution in [0.1, 0.15) is 37.6 Å². The zero-order valence-corrected chi connectivity index (χ0v) is 12.9. The van der Waals surface area contributed by atoms with Crippen LogP contribution in [0, 0.1) is 17.2 Å². The van der Waals surface area contributed by atoms with E-state index in [2.05, 4.69) is 19.9 Å². The van der Waals surface area contributed by atoms with Gasteiger partial charge in [-0.15, -0.1) is 0 Å². The third-order valence-corrected chi connectivity index (χ3v) is 2.96. The van der Waals surface area contributed by atoms with Crippen molar-refractivity contribution in [3.63, 3.8) is 0 Å². The van der Waals surface area contributed by atoms with Crippen LogP contribution in [0.4, 0.5) is 11.4 Å². The lowest BCUT2D eigenvalue weighted by Crippen LogP contribution is -2.31. The van der Waals surface area contributed by atoms with Crippen LogP contribution in [0.15, 0.2) is 18.2 Å². The molecule has 0 fully saturated rings. The van der Waals surface area contributed by atoms with E-state index in [1.165, 1.54) is 0 Å². The maximum absolute atomic E-state index is 12.1. The zero-order valence-electron chi connectivity index (χ0n) is 12.9. The Hall–Kier alpha value is -2.22. The average molecular weight is 289 g/mol. The van der Waals surface area contributed by atoms with Gasteiger partial charge in [-0.25, -0.2) is 4.79 Å². The van der Waals surface area contributed by atoms with Crippen LogP contribution in [0.25, 0.3) is 0 Å². The molecule has 0 radical (unpaired) electrons. The highest BCUT2D eigenvalue weighted by Crippen LogP contribution is 2.29. The Morgan fingerprint density at radius 1 is 1.48 bits per heavy atom. The number of para-hydroxylation sites is 1. The molecule has 0 amide bonds. The third kappa shape index (κ3) is 4.67. The normalized spacial score (nSPS) is 10.2. The summed E-state index contributed by atoms with van der Waals surface area (Å²) in [5.41, 5.74) is 7.72. The molecule has 0 heterocycles. The topological polar surface area (TPSA) is 79.3 Å². The summed E-state index contributed by atoms with van der Waals surface area (Å²) in [6.45, 7) is 7.52. The summed E-state index contributed by atoms with van der Waals surface area (Å²) in [5, 5.41) is 8.83. The van der Waals surface area contributed by atoms with Crippen molar-refractivity contribution in [3.05, 3.63) is 23.8 Å². The Kier molecular flexibility index (Phi) is 6.54. The van der Waals surface area contributed by atoms with Crippen molar-refractivity contribution in [2.45, 2.75) is 27.2 Å². The molecule has 0 saturated heterocycles. The van der Waals surface area contributed by atoms with Gasteiger partial charge in [0, 0.05) is 13.1 Å². The molecule has 21 heavy (non-hydrogen) atoms. The number of rotatable bonds is 7. The molecule has 0 bridgehead atoms. The molecule has 2 N–H and O–H groups in total. The van der Waals surface area contributed by atoms with Crippen LogP contribution in [0.3, 0.4) is 0 Å². The number of carbonyl (C=O) groups excluding carboxylic acids is 1. The molecule has 1 aromatic rings. The molecule has 0 aromatic heterocycles. The lowest BCUT2D eigenvalue weighted by Gasteiger charge is -2.28. The first-order valence-corrected chi connectivity index (χ1v) is 7.18. The minimum absolute atomic E-state index is 0.315. The molecule has 0 saturated carbocycles. The van der Waals surface area contributed by atoms with E-state index in [0.717, 1.165) is 6.54 Å². The predicted octanol–water partition coefficient (Wildman–Crippen LogP) is 2.82. The van der Waals surface area contributed by atoms with Crippen molar-refractivity contribution in [2.24, 2.45) is 5.92 Å². The first-order valence-electron chi connectivity index (χ1n) is 7.18. The number of carbonyl (C=O) groups is 1. The fourth-order valence-electron chi connectivity index (χ4n) is 2.21. The summed E-state index contributed by atoms with van der Waals surface area (Å²) in [6, 6.07) is 7.35. The molecule has 0 aliphatic heterocycles. The quantitative estimate of drug-likeness (QED) is 0.616. The lowest BCUT2D eigenvalue weighted by molar-refractivity contribution is 0.0527. The monoisotopic (exact) mass is 289 g/mol. The number of anilines is 2. The molecule has 5 heteroatoms. The van der Waals surface area contributed by atoms with Crippen LogP contribution in [-0.4, -0.2) is 25.7 Å². The van der Waals surface area contributed by atoms with E-state index in [1.54, 1.807) is 25.1 Å². The van der Waals surface area contributed by atoms with Crippen molar-refractivity contribution in [3.8, 4) is 6.07 Å². The minimum atomic E-state index is -0.384. The molecule has 1 aromatic carbocycles. The van der Waals surface area contributed by atoms with E-state index >= 15 is 0 Å². The smallest absolute Gasteiger partial charge is 0.340 e. The molecule has 0 aliphatic rings. The Morgan fingerprint density at radius 2 is 2.19 bits per heavy atom. The highest BCUT2D eigenvalue weighted by Gasteiger charge is 2.20. The van der Waals surface area contributed by atoms with Crippen LogP contribution in [0.2, 0.25) is 0 Å². The zero-order chi connectivity index (χ0) is 15.8. The number of ether oxygens (including phenoxy) is 1. The van der Waals surface area contributed by atoms with Gasteiger partial charge in [0.15, 0.2) is 0 Å². The van der Waals surface area contributed by atoms with Crippen LogP contribution >= 0.6 is 0 Å². The van der Waals surface area contributed by atoms with Crippen molar-refractivity contribution in [1.29, 1.82) is 5.26 Å². The second kappa shape index (κ2) is 8.15. The molecule has 0 unspecified atom stereocenters. The molecular formula is C16H23N3O2. The Balaban J connectivity index is 3.21. The number of benzene rings is 1. The first-order chi connectivity index (χ1) is 10.0. The summed E-state index contributed by atoms with van der Waals surface area (Å²) >= 11 is 0. The first kappa shape index (κ1) is 16.8. The number of esters is 1. The number of hydrogen-bond donors (Lipinski definition) is 1. The highest BCUT2D eigenvalue weighted by molar-refractivity contribution is 5.99. The Labute approximate surface area is 126 Å². The maximum Gasteiger partial charge on any atom is 0.340 e. The van der Waals surface area contributed by atoms with Gasteiger partial charge in [-0.3, -0.25) is 0 Å². The summed E-state index contributed by atoms with van der Waals surface area (Å²) < 4.78 is 5.10. The Morgan fingerprint density at radius 3 is 2.76 bits per heavy atom. The van der Waals surface area contributed by atoms with Crippen molar-refractivity contribution >= 4 is 17.3 Å². The summed E-state index contributed by atoms with van der Waals surface area (Å²) in [4.78, 5) is 14.1. The van der Waals surface area contributed by atoms with E-state index in [4.69, 9.17) is 15.7 Å². The third-order valence-electron chi connectivity index (χ3n) is 2.96. The molecule has 5 nitrogen and oxygen atoms in total. The maximum atomic E-state index is 12.1. The van der Waals surface area contributed by atoms with Gasteiger partial charge in [0.1, 0.15) is 0 Å². The highest BCUT2D eigenvalue weighted by atomic mass is 16.5. The van der Waals surface area contributed by atoms with Gasteiger partial charge in [-0.05, 0) is 25.0 Å². The molecule has 0 atom stereocenters. The molecular weight excluding hydrogens is 266 g/mol. The van der Waals surface area contributed by atoms with Gasteiger partial charge in [0.25, 0.3) is 0 Å². The van der Waals surface area contributed by atoms with Gasteiger partial charge in [-0.1, -0.05) is 19.9 Å². The van der Waals surface area contributed by atoms with Crippen LogP contribution in [0.5, 0.6) is 0 Å². The van der Waals surface area contributed by atoms with Gasteiger partial charge >= 0.3 is 5.97 Å². The summed E-state index contributed by atoms with van der Waals surface area (Å²) in [6.07, 6.45) is 0.378. The molecule has 0 aliphatic carbocycles. The molecule has 1 rings (SSSR count). The molecule has 114 valence electrons. The lowest BCUT2D eigenvalue weighted by atomic mass is 10.1. The van der Waals surface area contributed by atoms with Crippen molar-refractivity contribution in [1.82, 2.24) is 0 Å². The summed E-state index contributed by atoms with van der Waals surface area (Å²) in [7, 11) is 0. The average Bonchev–Trinajstić information content (AvgIpc) is 2.43. The van der Waals surface area contributed by atoms with Crippen LogP contribution in [-0.2, 0) is 4.74 Å². The second-order valence-corrected chi connectivity index (χ2v) is 5.21. The SMILES string of the molecule is CCOC(=O)c1cccc(N)c1N(CCC#N)CC(C)C. The number of nitrogens with two attached hydrogens (primary N) is 1. The second-order valence-electron chi connectivity index (χ2n) is 5.21. The largest absolute Gasteiger partial charge is 0.462 e. The number of nitrogen functional groups attached to an aromatic ring is 1. The minimum Gasteiger partial charge on any atom is -0.462 e. The Bertz CT molecular complexity index is 521. The number of hydrogen-bond acceptors (Lipinski definition) is 5. The van der Waals surface area contributed by atoms with E-state index in [1.807, 2.05) is 4.90 Å². The standard InChI is InChI=1S/C16H23N3O2/c1-4-21-16(20)13-7-5-8-14(18)15(13)19(10-6-9-17)11-12(2)3/h5,7-8,12H,4,6,10-11,18H2,1-3H3. The van der Waals surface area contributed by atoms with Crippen LogP contribution < -0.4 is 10.6 Å². The van der Waals surface area contributed by atoms with E-state index in [-0.39, 0.29) is 5.97 Å². The van der Waals surface area contributed by atoms with Gasteiger partial charge in [0.05, 0.1) is 36.0 Å². The predicted molar refractivity (Wildman–Crippen MR) is 84.1 cm³/mol. The number of nitrogens with zero attached hydrogens (tertiary/aromatic N) is 2. The van der Waals surface area contributed by atoms with E-state index in [9.17, 15) is 4.79 Å². The van der Waals surface area contributed by atoms with Gasteiger partial charge in [-0.2, -0.15) is 5.26 Å². The number of nitriles is 1. The van der Waals surface area contributed by atoms with E-state index in [0.29, 0.717) is 42.4 Å². The fraction of sp³-hybridized carbons (Fsp3) is 0.500. The van der Waals surface area contributed by atoms with Gasteiger partial charge < -0.3 is 15.4 Å². The fourth-order valence-corrected chi connectivity index (χ4v) is 2.21. The van der Waals surface area contributed by atoms with Crippen molar-refractivity contribution in [2.75, 3.05) is 30.3 Å². The molecule has 0 spiro atoms. The summed E-state index contributed by atoms with van der Waals surface area (Å²) in [5.74, 6) is 0.00357. The van der Waals surface area contributed by atoms with Crippen molar-refractivity contribution < 1.29 is 9.53 Å². The van der Waals surface area contributed by atoms with Gasteiger partial charge in [0.2, 0.25) is 0 Å².